The largest absolute Gasteiger partial charge is 0.368 e. The maximum absolute atomic E-state index is 12.9. The fourth-order valence-electron chi connectivity index (χ4n) is 4.43. The van der Waals surface area contributed by atoms with Crippen LogP contribution in [0.25, 0.3) is 11.4 Å². The standard InChI is InChI=1S/C26H34N8O4/c1-19(35)27-9-10-28-21-17-22(30-24(29-21)20-7-3-2-4-8-20)31-25(37)26(38)34-15-13-32(14-16-34)18-23(36)33-11-5-6-12-33/h2-4,7-8,17H,5-6,9-16,18H2,1H3,(H,27,35)(H2,28,29,30,31,37). The number of carbonyl (C=O) groups is 4. The van der Waals surface area contributed by atoms with Gasteiger partial charge in [-0.25, -0.2) is 9.97 Å². The van der Waals surface area contributed by atoms with E-state index in [1.54, 1.807) is 6.07 Å². The smallest absolute Gasteiger partial charge is 0.315 e. The third kappa shape index (κ3) is 7.48. The molecule has 2 aliphatic rings. The van der Waals surface area contributed by atoms with Crippen LogP contribution in [0.1, 0.15) is 19.8 Å². The highest BCUT2D eigenvalue weighted by molar-refractivity contribution is 6.39. The van der Waals surface area contributed by atoms with Crippen molar-refractivity contribution in [3.05, 3.63) is 36.4 Å². The second-order valence-corrected chi connectivity index (χ2v) is 9.35. The van der Waals surface area contributed by atoms with Gasteiger partial charge in [-0.2, -0.15) is 0 Å². The van der Waals surface area contributed by atoms with Gasteiger partial charge in [-0.1, -0.05) is 30.3 Å². The summed E-state index contributed by atoms with van der Waals surface area (Å²) in [5.41, 5.74) is 0.749. The molecule has 0 unspecified atom stereocenters. The number of hydrogen-bond donors (Lipinski definition) is 3. The average molecular weight is 523 g/mol. The lowest BCUT2D eigenvalue weighted by Crippen LogP contribution is -2.53. The monoisotopic (exact) mass is 522 g/mol. The Labute approximate surface area is 221 Å². The van der Waals surface area contributed by atoms with E-state index < -0.39 is 11.8 Å². The van der Waals surface area contributed by atoms with Crippen molar-refractivity contribution in [1.82, 2.24) is 30.0 Å². The van der Waals surface area contributed by atoms with Crippen molar-refractivity contribution in [2.45, 2.75) is 19.8 Å². The van der Waals surface area contributed by atoms with Crippen molar-refractivity contribution in [1.29, 1.82) is 0 Å². The number of benzene rings is 1. The summed E-state index contributed by atoms with van der Waals surface area (Å²) in [5.74, 6) is -0.417. The third-order valence-corrected chi connectivity index (χ3v) is 6.48. The summed E-state index contributed by atoms with van der Waals surface area (Å²) in [7, 11) is 0. The van der Waals surface area contributed by atoms with Crippen LogP contribution in [0.15, 0.2) is 36.4 Å². The van der Waals surface area contributed by atoms with Crippen LogP contribution < -0.4 is 16.0 Å². The number of aromatic nitrogens is 2. The summed E-state index contributed by atoms with van der Waals surface area (Å²) in [4.78, 5) is 63.6. The van der Waals surface area contributed by atoms with Crippen molar-refractivity contribution in [2.24, 2.45) is 0 Å². The molecule has 38 heavy (non-hydrogen) atoms. The van der Waals surface area contributed by atoms with E-state index in [0.29, 0.717) is 57.5 Å². The lowest BCUT2D eigenvalue weighted by atomic mass is 10.2. The summed E-state index contributed by atoms with van der Waals surface area (Å²) in [6, 6.07) is 10.8. The highest BCUT2D eigenvalue weighted by Gasteiger charge is 2.28. The van der Waals surface area contributed by atoms with Crippen molar-refractivity contribution in [3.8, 4) is 11.4 Å². The molecule has 1 aromatic carbocycles. The normalized spacial score (nSPS) is 15.7. The molecule has 0 aliphatic carbocycles. The molecule has 0 radical (unpaired) electrons. The molecule has 1 aromatic heterocycles. The number of nitrogens with one attached hydrogen (secondary N) is 3. The lowest BCUT2D eigenvalue weighted by molar-refractivity contribution is -0.144. The number of piperazine rings is 1. The van der Waals surface area contributed by atoms with Crippen LogP contribution in [-0.2, 0) is 19.2 Å². The molecule has 202 valence electrons. The molecule has 12 nitrogen and oxygen atoms in total. The third-order valence-electron chi connectivity index (χ3n) is 6.48. The first-order valence-corrected chi connectivity index (χ1v) is 12.9. The Morgan fingerprint density at radius 1 is 0.842 bits per heavy atom. The fourth-order valence-corrected chi connectivity index (χ4v) is 4.43. The molecule has 0 spiro atoms. The van der Waals surface area contributed by atoms with Gasteiger partial charge in [-0.05, 0) is 12.8 Å². The number of rotatable bonds is 8. The van der Waals surface area contributed by atoms with E-state index in [4.69, 9.17) is 0 Å². The molecule has 4 rings (SSSR count). The second-order valence-electron chi connectivity index (χ2n) is 9.35. The molecule has 0 saturated carbocycles. The van der Waals surface area contributed by atoms with Crippen molar-refractivity contribution in [3.63, 3.8) is 0 Å². The molecular formula is C26H34N8O4. The van der Waals surface area contributed by atoms with Crippen LogP contribution in [0, 0.1) is 0 Å². The first-order valence-electron chi connectivity index (χ1n) is 12.9. The van der Waals surface area contributed by atoms with Crippen LogP contribution in [0.4, 0.5) is 11.6 Å². The van der Waals surface area contributed by atoms with Crippen LogP contribution in [0.5, 0.6) is 0 Å². The lowest BCUT2D eigenvalue weighted by Gasteiger charge is -2.34. The van der Waals surface area contributed by atoms with Gasteiger partial charge in [-0.3, -0.25) is 24.1 Å². The fraction of sp³-hybridized carbons (Fsp3) is 0.462. The number of hydrogen-bond acceptors (Lipinski definition) is 8. The molecule has 2 aliphatic heterocycles. The Hall–Kier alpha value is -4.06. The molecular weight excluding hydrogens is 488 g/mol. The topological polar surface area (TPSA) is 140 Å². The molecule has 2 aromatic rings. The molecule has 3 N–H and O–H groups in total. The van der Waals surface area contributed by atoms with E-state index in [2.05, 4.69) is 25.9 Å². The Morgan fingerprint density at radius 3 is 2.21 bits per heavy atom. The van der Waals surface area contributed by atoms with E-state index in [9.17, 15) is 19.2 Å². The van der Waals surface area contributed by atoms with E-state index in [-0.39, 0.29) is 17.6 Å². The number of likely N-dealkylation sites (tertiary alicyclic amines) is 1. The average Bonchev–Trinajstić information content (AvgIpc) is 3.47. The van der Waals surface area contributed by atoms with Crippen LogP contribution >= 0.6 is 0 Å². The Kier molecular flexibility index (Phi) is 9.20. The van der Waals surface area contributed by atoms with Gasteiger partial charge in [0.2, 0.25) is 11.8 Å². The van der Waals surface area contributed by atoms with Gasteiger partial charge in [0.25, 0.3) is 0 Å². The summed E-state index contributed by atoms with van der Waals surface area (Å²) < 4.78 is 0. The maximum Gasteiger partial charge on any atom is 0.315 e. The zero-order valence-corrected chi connectivity index (χ0v) is 21.6. The maximum atomic E-state index is 12.9. The predicted octanol–water partition coefficient (Wildman–Crippen LogP) is 0.397. The summed E-state index contributed by atoms with van der Waals surface area (Å²) in [6.45, 7) is 6.05. The summed E-state index contributed by atoms with van der Waals surface area (Å²) in [6.07, 6.45) is 2.11. The number of carbonyl (C=O) groups excluding carboxylic acids is 4. The minimum atomic E-state index is -0.784. The zero-order chi connectivity index (χ0) is 26.9. The molecule has 0 bridgehead atoms. The van der Waals surface area contributed by atoms with Crippen molar-refractivity contribution >= 4 is 35.3 Å². The van der Waals surface area contributed by atoms with Gasteiger partial charge in [0.1, 0.15) is 11.6 Å². The van der Waals surface area contributed by atoms with Crippen LogP contribution in [0.3, 0.4) is 0 Å². The minimum absolute atomic E-state index is 0.125. The number of nitrogens with zero attached hydrogens (tertiary/aromatic N) is 5. The second kappa shape index (κ2) is 13.0. The van der Waals surface area contributed by atoms with Gasteiger partial charge >= 0.3 is 11.8 Å². The summed E-state index contributed by atoms with van der Waals surface area (Å²) in [5, 5.41) is 8.42. The van der Waals surface area contributed by atoms with Gasteiger partial charge < -0.3 is 25.8 Å². The van der Waals surface area contributed by atoms with Crippen LogP contribution in [0.2, 0.25) is 0 Å². The van der Waals surface area contributed by atoms with Crippen molar-refractivity contribution in [2.75, 3.05) is 69.5 Å². The van der Waals surface area contributed by atoms with Gasteiger partial charge in [0.15, 0.2) is 5.82 Å². The molecule has 2 saturated heterocycles. The SMILES string of the molecule is CC(=O)NCCNc1cc(NC(=O)C(=O)N2CCN(CC(=O)N3CCCC3)CC2)nc(-c2ccccc2)n1. The highest BCUT2D eigenvalue weighted by Crippen LogP contribution is 2.20. The highest BCUT2D eigenvalue weighted by atomic mass is 16.2. The van der Waals surface area contributed by atoms with Gasteiger partial charge in [0, 0.05) is 70.9 Å². The Balaban J connectivity index is 1.35. The van der Waals surface area contributed by atoms with Crippen LogP contribution in [-0.4, -0.2) is 107 Å². The Bertz CT molecular complexity index is 1150. The van der Waals surface area contributed by atoms with E-state index in [0.717, 1.165) is 31.5 Å². The molecule has 2 fully saturated rings. The number of amides is 4. The van der Waals surface area contributed by atoms with Crippen molar-refractivity contribution < 1.29 is 19.2 Å². The summed E-state index contributed by atoms with van der Waals surface area (Å²) >= 11 is 0. The molecule has 12 heteroatoms. The quantitative estimate of drug-likeness (QED) is 0.334. The van der Waals surface area contributed by atoms with E-state index >= 15 is 0 Å². The predicted molar refractivity (Wildman–Crippen MR) is 142 cm³/mol. The number of anilines is 2. The van der Waals surface area contributed by atoms with E-state index in [1.165, 1.54) is 11.8 Å². The van der Waals surface area contributed by atoms with Gasteiger partial charge in [0.05, 0.1) is 6.54 Å². The Morgan fingerprint density at radius 2 is 1.53 bits per heavy atom. The van der Waals surface area contributed by atoms with E-state index in [1.807, 2.05) is 40.1 Å². The molecule has 0 atom stereocenters. The molecule has 3 heterocycles. The first-order chi connectivity index (χ1) is 18.4. The zero-order valence-electron chi connectivity index (χ0n) is 21.6. The first kappa shape index (κ1) is 27.0. The molecule has 4 amide bonds. The van der Waals surface area contributed by atoms with Gasteiger partial charge in [-0.15, -0.1) is 0 Å². The minimum Gasteiger partial charge on any atom is -0.368 e.